The summed E-state index contributed by atoms with van der Waals surface area (Å²) in [6.45, 7) is 4.25. The molecule has 0 aromatic heterocycles. The Morgan fingerprint density at radius 1 is 1.16 bits per heavy atom. The van der Waals surface area contributed by atoms with Crippen LogP contribution in [0.5, 0.6) is 0 Å². The first-order chi connectivity index (χ1) is 8.73. The van der Waals surface area contributed by atoms with Gasteiger partial charge in [-0.05, 0) is 38.1 Å². The molecule has 0 spiro atoms. The Morgan fingerprint density at radius 3 is 2.11 bits per heavy atom. The fourth-order valence-electron chi connectivity index (χ4n) is 1.68. The topological polar surface area (TPSA) is 80.3 Å². The summed E-state index contributed by atoms with van der Waals surface area (Å²) in [6, 6.07) is 5.90. The first-order valence-corrected chi connectivity index (χ1v) is 7.39. The average Bonchev–Trinajstić information content (AvgIpc) is 2.27. The van der Waals surface area contributed by atoms with Crippen molar-refractivity contribution in [3.05, 3.63) is 24.3 Å². The molecule has 1 amide bonds. The van der Waals surface area contributed by atoms with Gasteiger partial charge in [0.05, 0.1) is 10.1 Å². The smallest absolute Gasteiger partial charge is 0.221 e. The summed E-state index contributed by atoms with van der Waals surface area (Å²) in [6.07, 6.45) is -0.00419. The Morgan fingerprint density at radius 2 is 1.68 bits per heavy atom. The van der Waals surface area contributed by atoms with Gasteiger partial charge in [0.15, 0.2) is 9.84 Å². The standard InChI is InChI=1S/C13H17NO4S/c1-9(15)8-10(2)19(17,18)13-6-4-12(5-7-13)14-11(3)16/h4-7,10H,8H2,1-3H3,(H,14,16). The van der Waals surface area contributed by atoms with Crippen LogP contribution in [0.15, 0.2) is 29.2 Å². The van der Waals surface area contributed by atoms with Gasteiger partial charge in [0.2, 0.25) is 5.91 Å². The number of carbonyl (C=O) groups excluding carboxylic acids is 2. The Labute approximate surface area is 112 Å². The van der Waals surface area contributed by atoms with Crippen LogP contribution in [0.4, 0.5) is 5.69 Å². The van der Waals surface area contributed by atoms with Crippen molar-refractivity contribution in [2.75, 3.05) is 5.32 Å². The lowest BCUT2D eigenvalue weighted by Gasteiger charge is -2.12. The van der Waals surface area contributed by atoms with E-state index in [0.29, 0.717) is 5.69 Å². The molecular formula is C13H17NO4S. The van der Waals surface area contributed by atoms with Crippen molar-refractivity contribution in [1.29, 1.82) is 0 Å². The van der Waals surface area contributed by atoms with Gasteiger partial charge in [-0.2, -0.15) is 0 Å². The number of benzene rings is 1. The predicted octanol–water partition coefficient (Wildman–Crippen LogP) is 1.79. The number of sulfone groups is 1. The summed E-state index contributed by atoms with van der Waals surface area (Å²) in [5.41, 5.74) is 0.533. The maximum absolute atomic E-state index is 12.2. The Balaban J connectivity index is 2.96. The molecule has 6 heteroatoms. The maximum atomic E-state index is 12.2. The minimum Gasteiger partial charge on any atom is -0.326 e. The molecule has 1 atom stereocenters. The first-order valence-electron chi connectivity index (χ1n) is 5.84. The van der Waals surface area contributed by atoms with Crippen LogP contribution in [0.2, 0.25) is 0 Å². The van der Waals surface area contributed by atoms with Crippen molar-refractivity contribution in [2.45, 2.75) is 37.3 Å². The summed E-state index contributed by atoms with van der Waals surface area (Å²) < 4.78 is 24.3. The predicted molar refractivity (Wildman–Crippen MR) is 72.7 cm³/mol. The van der Waals surface area contributed by atoms with Crippen LogP contribution in [-0.4, -0.2) is 25.4 Å². The lowest BCUT2D eigenvalue weighted by molar-refractivity contribution is -0.117. The van der Waals surface area contributed by atoms with Gasteiger partial charge in [0.25, 0.3) is 0 Å². The fourth-order valence-corrected chi connectivity index (χ4v) is 3.11. The third kappa shape index (κ3) is 4.17. The molecule has 1 N–H and O–H groups in total. The second-order valence-electron chi connectivity index (χ2n) is 4.47. The van der Waals surface area contributed by atoms with Crippen LogP contribution < -0.4 is 5.32 Å². The molecule has 1 unspecified atom stereocenters. The number of rotatable bonds is 5. The minimum atomic E-state index is -3.51. The highest BCUT2D eigenvalue weighted by Crippen LogP contribution is 2.20. The van der Waals surface area contributed by atoms with Gasteiger partial charge in [-0.25, -0.2) is 8.42 Å². The molecule has 0 aliphatic rings. The molecule has 104 valence electrons. The highest BCUT2D eigenvalue weighted by Gasteiger charge is 2.24. The third-order valence-electron chi connectivity index (χ3n) is 2.61. The molecule has 1 aromatic rings. The molecular weight excluding hydrogens is 266 g/mol. The van der Waals surface area contributed by atoms with Gasteiger partial charge >= 0.3 is 0 Å². The zero-order valence-electron chi connectivity index (χ0n) is 11.1. The highest BCUT2D eigenvalue weighted by molar-refractivity contribution is 7.92. The van der Waals surface area contributed by atoms with E-state index < -0.39 is 15.1 Å². The van der Waals surface area contributed by atoms with Crippen molar-refractivity contribution in [3.63, 3.8) is 0 Å². The quantitative estimate of drug-likeness (QED) is 0.893. The van der Waals surface area contributed by atoms with Crippen LogP contribution in [0.3, 0.4) is 0 Å². The van der Waals surface area contributed by atoms with Gasteiger partial charge in [-0.1, -0.05) is 0 Å². The molecule has 0 bridgehead atoms. The second kappa shape index (κ2) is 5.97. The Bertz CT molecular complexity index is 575. The Hall–Kier alpha value is -1.69. The van der Waals surface area contributed by atoms with Gasteiger partial charge in [-0.3, -0.25) is 9.59 Å². The van der Waals surface area contributed by atoms with Crippen molar-refractivity contribution >= 4 is 27.2 Å². The zero-order valence-corrected chi connectivity index (χ0v) is 12.0. The van der Waals surface area contributed by atoms with E-state index in [-0.39, 0.29) is 23.0 Å². The van der Waals surface area contributed by atoms with Crippen LogP contribution >= 0.6 is 0 Å². The van der Waals surface area contributed by atoms with E-state index in [0.717, 1.165) is 0 Å². The molecule has 1 rings (SSSR count). The van der Waals surface area contributed by atoms with E-state index in [4.69, 9.17) is 0 Å². The maximum Gasteiger partial charge on any atom is 0.221 e. The molecule has 0 radical (unpaired) electrons. The molecule has 0 aliphatic heterocycles. The van der Waals surface area contributed by atoms with Crippen LogP contribution in [-0.2, 0) is 19.4 Å². The number of anilines is 1. The SMILES string of the molecule is CC(=O)CC(C)S(=O)(=O)c1ccc(NC(C)=O)cc1. The summed E-state index contributed by atoms with van der Waals surface area (Å²) in [5.74, 6) is -0.383. The second-order valence-corrected chi connectivity index (χ2v) is 6.83. The molecule has 19 heavy (non-hydrogen) atoms. The van der Waals surface area contributed by atoms with E-state index in [1.54, 1.807) is 0 Å². The molecule has 0 aliphatic carbocycles. The number of ketones is 1. The Kier molecular flexibility index (Phi) is 4.83. The number of hydrogen-bond donors (Lipinski definition) is 1. The van der Waals surface area contributed by atoms with Crippen molar-refractivity contribution in [2.24, 2.45) is 0 Å². The minimum absolute atomic E-state index is 0.00419. The van der Waals surface area contributed by atoms with Gasteiger partial charge in [0.1, 0.15) is 5.78 Å². The van der Waals surface area contributed by atoms with E-state index in [9.17, 15) is 18.0 Å². The van der Waals surface area contributed by atoms with Crippen molar-refractivity contribution in [3.8, 4) is 0 Å². The van der Waals surface area contributed by atoms with E-state index in [1.807, 2.05) is 0 Å². The van der Waals surface area contributed by atoms with Gasteiger partial charge < -0.3 is 5.32 Å². The largest absolute Gasteiger partial charge is 0.326 e. The average molecular weight is 283 g/mol. The summed E-state index contributed by atoms with van der Waals surface area (Å²) >= 11 is 0. The normalized spacial score (nSPS) is 12.8. The van der Waals surface area contributed by atoms with Crippen molar-refractivity contribution in [1.82, 2.24) is 0 Å². The summed E-state index contributed by atoms with van der Waals surface area (Å²) in [7, 11) is -3.51. The number of Topliss-reactive ketones (excluding diaryl/α,β-unsaturated/α-hetero) is 1. The van der Waals surface area contributed by atoms with Crippen molar-refractivity contribution < 1.29 is 18.0 Å². The molecule has 0 saturated heterocycles. The van der Waals surface area contributed by atoms with E-state index in [2.05, 4.69) is 5.32 Å². The van der Waals surface area contributed by atoms with Crippen LogP contribution in [0, 0.1) is 0 Å². The van der Waals surface area contributed by atoms with E-state index >= 15 is 0 Å². The van der Waals surface area contributed by atoms with Gasteiger partial charge in [0, 0.05) is 19.0 Å². The highest BCUT2D eigenvalue weighted by atomic mass is 32.2. The van der Waals surface area contributed by atoms with Gasteiger partial charge in [-0.15, -0.1) is 0 Å². The first kappa shape index (κ1) is 15.4. The number of carbonyl (C=O) groups is 2. The molecule has 5 nitrogen and oxygen atoms in total. The van der Waals surface area contributed by atoms with E-state index in [1.165, 1.54) is 45.0 Å². The number of nitrogens with one attached hydrogen (secondary N) is 1. The molecule has 1 aromatic carbocycles. The number of hydrogen-bond acceptors (Lipinski definition) is 4. The zero-order chi connectivity index (χ0) is 14.6. The summed E-state index contributed by atoms with van der Waals surface area (Å²) in [5, 5.41) is 1.80. The van der Waals surface area contributed by atoms with Crippen LogP contribution in [0.25, 0.3) is 0 Å². The third-order valence-corrected chi connectivity index (χ3v) is 4.76. The van der Waals surface area contributed by atoms with Crippen LogP contribution in [0.1, 0.15) is 27.2 Å². The monoisotopic (exact) mass is 283 g/mol. The lowest BCUT2D eigenvalue weighted by atomic mass is 10.2. The molecule has 0 saturated carbocycles. The fraction of sp³-hybridized carbons (Fsp3) is 0.385. The lowest BCUT2D eigenvalue weighted by Crippen LogP contribution is -2.20. The molecule has 0 fully saturated rings. The summed E-state index contributed by atoms with van der Waals surface area (Å²) in [4.78, 5) is 22.0. The molecule has 0 heterocycles. The number of amides is 1.